The van der Waals surface area contributed by atoms with Crippen molar-refractivity contribution in [2.75, 3.05) is 5.32 Å². The Morgan fingerprint density at radius 2 is 1.81 bits per heavy atom. The summed E-state index contributed by atoms with van der Waals surface area (Å²) in [6.07, 6.45) is 1.64. The van der Waals surface area contributed by atoms with Gasteiger partial charge in [-0.3, -0.25) is 9.78 Å². The number of aromatic nitrogens is 1. The number of nitrogens with zero attached hydrogens (tertiary/aromatic N) is 1. The number of nitrogens with one attached hydrogen (secondary N) is 2. The highest BCUT2D eigenvalue weighted by Gasteiger charge is 2.08. The Morgan fingerprint density at radius 3 is 2.58 bits per heavy atom. The van der Waals surface area contributed by atoms with Crippen LogP contribution in [0.25, 0.3) is 0 Å². The molecule has 1 aromatic heterocycles. The van der Waals surface area contributed by atoms with E-state index < -0.39 is 0 Å². The molecule has 0 atom stereocenters. The fourth-order valence-corrected chi connectivity index (χ4v) is 2.67. The molecule has 3 rings (SSSR count). The predicted molar refractivity (Wildman–Crippen MR) is 105 cm³/mol. The first kappa shape index (κ1) is 18.0. The van der Waals surface area contributed by atoms with Crippen LogP contribution in [0.15, 0.2) is 66.9 Å². The van der Waals surface area contributed by atoms with Gasteiger partial charge < -0.3 is 10.6 Å². The first-order chi connectivity index (χ1) is 12.6. The molecule has 0 bridgehead atoms. The summed E-state index contributed by atoms with van der Waals surface area (Å²) in [6.45, 7) is 3.21. The Labute approximate surface area is 158 Å². The average molecular weight is 366 g/mol. The monoisotopic (exact) mass is 365 g/mol. The predicted octanol–water partition coefficient (Wildman–Crippen LogP) is 4.59. The molecule has 0 radical (unpaired) electrons. The minimum atomic E-state index is -0.209. The topological polar surface area (TPSA) is 54.0 Å². The third-order valence-electron chi connectivity index (χ3n) is 4.10. The molecule has 3 aromatic rings. The fraction of sp³-hybridized carbons (Fsp3) is 0.143. The van der Waals surface area contributed by atoms with E-state index >= 15 is 0 Å². The molecule has 132 valence electrons. The maximum Gasteiger partial charge on any atom is 0.270 e. The lowest BCUT2D eigenvalue weighted by molar-refractivity contribution is 0.0946. The van der Waals surface area contributed by atoms with Gasteiger partial charge in [-0.25, -0.2) is 0 Å². The molecular formula is C21H20ClN3O. The lowest BCUT2D eigenvalue weighted by atomic mass is 10.1. The zero-order valence-corrected chi connectivity index (χ0v) is 15.3. The van der Waals surface area contributed by atoms with E-state index in [4.69, 9.17) is 11.6 Å². The summed E-state index contributed by atoms with van der Waals surface area (Å²) in [5.74, 6) is -0.209. The summed E-state index contributed by atoms with van der Waals surface area (Å²) >= 11 is 5.87. The third kappa shape index (κ3) is 4.83. The van der Waals surface area contributed by atoms with Crippen molar-refractivity contribution in [2.24, 2.45) is 0 Å². The molecule has 0 saturated carbocycles. The molecule has 0 fully saturated rings. The van der Waals surface area contributed by atoms with Gasteiger partial charge in [0.1, 0.15) is 5.69 Å². The summed E-state index contributed by atoms with van der Waals surface area (Å²) in [6, 6.07) is 19.2. The third-order valence-corrected chi connectivity index (χ3v) is 4.36. The molecule has 4 nitrogen and oxygen atoms in total. The summed E-state index contributed by atoms with van der Waals surface area (Å²) in [7, 11) is 0. The molecule has 1 heterocycles. The van der Waals surface area contributed by atoms with E-state index in [1.54, 1.807) is 24.4 Å². The van der Waals surface area contributed by atoms with E-state index in [0.29, 0.717) is 23.8 Å². The molecule has 0 aliphatic carbocycles. The second-order valence-corrected chi connectivity index (χ2v) is 6.46. The number of carbonyl (C=O) groups is 1. The molecule has 2 aromatic carbocycles. The van der Waals surface area contributed by atoms with E-state index in [2.05, 4.69) is 34.7 Å². The molecule has 0 unspecified atom stereocenters. The zero-order chi connectivity index (χ0) is 18.4. The van der Waals surface area contributed by atoms with Crippen molar-refractivity contribution in [2.45, 2.75) is 20.0 Å². The van der Waals surface area contributed by atoms with Gasteiger partial charge in [-0.05, 0) is 47.9 Å². The van der Waals surface area contributed by atoms with Gasteiger partial charge in [-0.1, -0.05) is 48.0 Å². The molecule has 1 amide bonds. The van der Waals surface area contributed by atoms with Crippen LogP contribution in [-0.2, 0) is 13.1 Å². The number of rotatable bonds is 6. The number of aryl methyl sites for hydroxylation is 1. The number of anilines is 1. The normalized spacial score (nSPS) is 10.4. The van der Waals surface area contributed by atoms with Crippen molar-refractivity contribution in [1.29, 1.82) is 0 Å². The van der Waals surface area contributed by atoms with Crippen molar-refractivity contribution in [3.63, 3.8) is 0 Å². The number of pyridine rings is 1. The van der Waals surface area contributed by atoms with Crippen LogP contribution >= 0.6 is 11.6 Å². The second-order valence-electron chi connectivity index (χ2n) is 6.02. The van der Waals surface area contributed by atoms with Gasteiger partial charge in [0.25, 0.3) is 5.91 Å². The Kier molecular flexibility index (Phi) is 5.87. The van der Waals surface area contributed by atoms with Gasteiger partial charge in [0.05, 0.1) is 0 Å². The standard InChI is InChI=1S/C21H20ClN3O/c1-15-4-2-3-5-17(15)14-24-19-10-11-23-20(12-19)21(26)25-13-16-6-8-18(22)9-7-16/h2-12H,13-14H2,1H3,(H,23,24)(H,25,26). The molecule has 5 heteroatoms. The van der Waals surface area contributed by atoms with Crippen molar-refractivity contribution in [3.8, 4) is 0 Å². The Balaban J connectivity index is 1.60. The zero-order valence-electron chi connectivity index (χ0n) is 14.5. The number of halogens is 1. The van der Waals surface area contributed by atoms with Gasteiger partial charge in [-0.15, -0.1) is 0 Å². The Morgan fingerprint density at radius 1 is 1.04 bits per heavy atom. The molecule has 26 heavy (non-hydrogen) atoms. The first-order valence-corrected chi connectivity index (χ1v) is 8.77. The smallest absolute Gasteiger partial charge is 0.270 e. The van der Waals surface area contributed by atoms with Crippen LogP contribution in [0.2, 0.25) is 5.02 Å². The summed E-state index contributed by atoms with van der Waals surface area (Å²) < 4.78 is 0. The number of hydrogen-bond donors (Lipinski definition) is 2. The van der Waals surface area contributed by atoms with Crippen molar-refractivity contribution in [3.05, 3.63) is 94.3 Å². The van der Waals surface area contributed by atoms with Gasteiger partial charge in [0.2, 0.25) is 0 Å². The quantitative estimate of drug-likeness (QED) is 0.672. The lowest BCUT2D eigenvalue weighted by Gasteiger charge is -2.10. The van der Waals surface area contributed by atoms with Gasteiger partial charge in [0.15, 0.2) is 0 Å². The molecular weight excluding hydrogens is 346 g/mol. The molecule has 0 spiro atoms. The highest BCUT2D eigenvalue weighted by atomic mass is 35.5. The first-order valence-electron chi connectivity index (χ1n) is 8.39. The SMILES string of the molecule is Cc1ccccc1CNc1ccnc(C(=O)NCc2ccc(Cl)cc2)c1. The Hall–Kier alpha value is -2.85. The van der Waals surface area contributed by atoms with E-state index in [1.807, 2.05) is 30.3 Å². The van der Waals surface area contributed by atoms with E-state index in [1.165, 1.54) is 11.1 Å². The van der Waals surface area contributed by atoms with Crippen LogP contribution < -0.4 is 10.6 Å². The van der Waals surface area contributed by atoms with Crippen LogP contribution in [0.5, 0.6) is 0 Å². The number of amides is 1. The maximum absolute atomic E-state index is 12.3. The fourth-order valence-electron chi connectivity index (χ4n) is 2.55. The largest absolute Gasteiger partial charge is 0.381 e. The number of hydrogen-bond acceptors (Lipinski definition) is 3. The Bertz CT molecular complexity index is 894. The maximum atomic E-state index is 12.3. The highest BCUT2D eigenvalue weighted by molar-refractivity contribution is 6.30. The molecule has 0 saturated heterocycles. The minimum absolute atomic E-state index is 0.209. The molecule has 0 aliphatic rings. The second kappa shape index (κ2) is 8.50. The number of carbonyl (C=O) groups excluding carboxylic acids is 1. The van der Waals surface area contributed by atoms with E-state index in [0.717, 1.165) is 11.3 Å². The van der Waals surface area contributed by atoms with Gasteiger partial charge >= 0.3 is 0 Å². The van der Waals surface area contributed by atoms with Crippen LogP contribution in [-0.4, -0.2) is 10.9 Å². The van der Waals surface area contributed by atoms with E-state index in [-0.39, 0.29) is 5.91 Å². The minimum Gasteiger partial charge on any atom is -0.381 e. The average Bonchev–Trinajstić information content (AvgIpc) is 2.67. The summed E-state index contributed by atoms with van der Waals surface area (Å²) in [5, 5.41) is 6.89. The van der Waals surface area contributed by atoms with Gasteiger partial charge in [-0.2, -0.15) is 0 Å². The van der Waals surface area contributed by atoms with Crippen LogP contribution in [0, 0.1) is 6.92 Å². The van der Waals surface area contributed by atoms with E-state index in [9.17, 15) is 4.79 Å². The summed E-state index contributed by atoms with van der Waals surface area (Å²) in [4.78, 5) is 16.5. The van der Waals surface area contributed by atoms with Gasteiger partial charge in [0, 0.05) is 30.0 Å². The van der Waals surface area contributed by atoms with Crippen molar-refractivity contribution < 1.29 is 4.79 Å². The lowest BCUT2D eigenvalue weighted by Crippen LogP contribution is -2.23. The summed E-state index contributed by atoms with van der Waals surface area (Å²) in [5.41, 5.74) is 4.68. The van der Waals surface area contributed by atoms with Crippen molar-refractivity contribution >= 4 is 23.2 Å². The van der Waals surface area contributed by atoms with Crippen LogP contribution in [0.1, 0.15) is 27.2 Å². The number of benzene rings is 2. The molecule has 2 N–H and O–H groups in total. The van der Waals surface area contributed by atoms with Crippen molar-refractivity contribution in [1.82, 2.24) is 10.3 Å². The highest BCUT2D eigenvalue weighted by Crippen LogP contribution is 2.13. The van der Waals surface area contributed by atoms with Crippen LogP contribution in [0.4, 0.5) is 5.69 Å². The van der Waals surface area contributed by atoms with Crippen LogP contribution in [0.3, 0.4) is 0 Å². The molecule has 0 aliphatic heterocycles.